The van der Waals surface area contributed by atoms with Crippen molar-refractivity contribution in [3.63, 3.8) is 0 Å². The smallest absolute Gasteiger partial charge is 0.253 e. The van der Waals surface area contributed by atoms with Crippen LogP contribution in [0.3, 0.4) is 0 Å². The molecule has 7 heteroatoms. The number of benzene rings is 2. The summed E-state index contributed by atoms with van der Waals surface area (Å²) in [7, 11) is 0. The zero-order valence-corrected chi connectivity index (χ0v) is 14.7. The van der Waals surface area contributed by atoms with Crippen molar-refractivity contribution in [2.45, 2.75) is 6.92 Å². The number of fused-ring (bicyclic) bond motifs is 3. The van der Waals surface area contributed by atoms with Crippen molar-refractivity contribution in [2.75, 3.05) is 0 Å². The maximum absolute atomic E-state index is 12.3. The van der Waals surface area contributed by atoms with E-state index in [1.807, 2.05) is 30.3 Å². The quantitative estimate of drug-likeness (QED) is 0.469. The normalized spacial score (nSPS) is 11.3. The van der Waals surface area contributed by atoms with E-state index in [1.165, 1.54) is 6.07 Å². The number of rotatable bonds is 2. The molecule has 0 spiro atoms. The Morgan fingerprint density at radius 1 is 0.857 bits per heavy atom. The molecule has 7 nitrogen and oxygen atoms in total. The van der Waals surface area contributed by atoms with Gasteiger partial charge >= 0.3 is 0 Å². The summed E-state index contributed by atoms with van der Waals surface area (Å²) >= 11 is 0. The molecule has 0 radical (unpaired) electrons. The van der Waals surface area contributed by atoms with Crippen LogP contribution in [-0.2, 0) is 0 Å². The van der Waals surface area contributed by atoms with E-state index in [0.717, 1.165) is 5.56 Å². The first-order chi connectivity index (χ1) is 13.6. The maximum atomic E-state index is 12.3. The van der Waals surface area contributed by atoms with E-state index >= 15 is 0 Å². The topological polar surface area (TPSA) is 106 Å². The van der Waals surface area contributed by atoms with E-state index in [-0.39, 0.29) is 16.9 Å². The predicted molar refractivity (Wildman–Crippen MR) is 102 cm³/mol. The van der Waals surface area contributed by atoms with Gasteiger partial charge in [-0.15, -0.1) is 10.2 Å². The van der Waals surface area contributed by atoms with Crippen molar-refractivity contribution in [3.05, 3.63) is 76.1 Å². The molecule has 0 fully saturated rings. The predicted octanol–water partition coefficient (Wildman–Crippen LogP) is 4.04. The average Bonchev–Trinajstić information content (AvgIpc) is 3.18. The molecule has 1 N–H and O–H groups in total. The Labute approximate surface area is 157 Å². The van der Waals surface area contributed by atoms with Crippen LogP contribution in [0.15, 0.2) is 72.6 Å². The van der Waals surface area contributed by atoms with E-state index in [2.05, 4.69) is 10.2 Å². The zero-order valence-electron chi connectivity index (χ0n) is 14.7. The van der Waals surface area contributed by atoms with Crippen molar-refractivity contribution in [2.24, 2.45) is 0 Å². The standard InChI is InChI=1S/C21H13N3O4/c1-11-9-16(25)13-7-8-17-14(18(13)26-11)10-15(19(22)27-17)21-24-23-20(28-21)12-5-3-2-4-6-12/h2-10,22H,1H3. The SMILES string of the molecule is Cc1cc(=O)c2ccc3oc(=N)c(-c4nnc(-c5ccccc5)o4)cc3c2o1. The number of aryl methyl sites for hydroxylation is 1. The molecule has 0 amide bonds. The molecular weight excluding hydrogens is 358 g/mol. The molecule has 3 heterocycles. The summed E-state index contributed by atoms with van der Waals surface area (Å²) in [6.45, 7) is 1.71. The van der Waals surface area contributed by atoms with Gasteiger partial charge < -0.3 is 13.3 Å². The second-order valence-corrected chi connectivity index (χ2v) is 6.34. The Morgan fingerprint density at radius 2 is 1.64 bits per heavy atom. The van der Waals surface area contributed by atoms with Gasteiger partial charge in [-0.2, -0.15) is 0 Å². The maximum Gasteiger partial charge on any atom is 0.253 e. The molecule has 0 aliphatic rings. The fourth-order valence-electron chi connectivity index (χ4n) is 3.13. The van der Waals surface area contributed by atoms with Crippen LogP contribution in [-0.4, -0.2) is 10.2 Å². The highest BCUT2D eigenvalue weighted by atomic mass is 16.4. The largest absolute Gasteiger partial charge is 0.460 e. The highest BCUT2D eigenvalue weighted by Crippen LogP contribution is 2.28. The molecule has 0 saturated heterocycles. The first-order valence-corrected chi connectivity index (χ1v) is 8.55. The number of hydrogen-bond donors (Lipinski definition) is 1. The van der Waals surface area contributed by atoms with E-state index in [1.54, 1.807) is 25.1 Å². The third-order valence-electron chi connectivity index (χ3n) is 4.44. The molecule has 0 aliphatic heterocycles. The average molecular weight is 371 g/mol. The van der Waals surface area contributed by atoms with Crippen LogP contribution in [0.5, 0.6) is 0 Å². The molecular formula is C21H13N3O4. The lowest BCUT2D eigenvalue weighted by Crippen LogP contribution is -2.05. The molecule has 3 aromatic heterocycles. The summed E-state index contributed by atoms with van der Waals surface area (Å²) in [6.07, 6.45) is 0. The molecule has 0 atom stereocenters. The van der Waals surface area contributed by atoms with Gasteiger partial charge in [0.25, 0.3) is 5.89 Å². The summed E-state index contributed by atoms with van der Waals surface area (Å²) in [4.78, 5) is 12.3. The van der Waals surface area contributed by atoms with Gasteiger partial charge in [-0.05, 0) is 37.3 Å². The van der Waals surface area contributed by atoms with Gasteiger partial charge in [-0.25, -0.2) is 0 Å². The lowest BCUT2D eigenvalue weighted by atomic mass is 10.1. The second-order valence-electron chi connectivity index (χ2n) is 6.34. The van der Waals surface area contributed by atoms with Crippen molar-refractivity contribution >= 4 is 21.9 Å². The highest BCUT2D eigenvalue weighted by molar-refractivity contribution is 6.02. The van der Waals surface area contributed by atoms with Gasteiger partial charge in [-0.1, -0.05) is 18.2 Å². The van der Waals surface area contributed by atoms with Crippen LogP contribution in [0, 0.1) is 12.3 Å². The van der Waals surface area contributed by atoms with Crippen LogP contribution in [0.4, 0.5) is 0 Å². The summed E-state index contributed by atoms with van der Waals surface area (Å²) < 4.78 is 17.2. The summed E-state index contributed by atoms with van der Waals surface area (Å²) in [5.41, 5.74) is 1.66. The monoisotopic (exact) mass is 371 g/mol. The first-order valence-electron chi connectivity index (χ1n) is 8.55. The highest BCUT2D eigenvalue weighted by Gasteiger charge is 2.16. The van der Waals surface area contributed by atoms with Crippen molar-refractivity contribution in [3.8, 4) is 22.9 Å². The number of nitrogens with zero attached hydrogens (tertiary/aromatic N) is 2. The van der Waals surface area contributed by atoms with E-state index in [9.17, 15) is 4.79 Å². The van der Waals surface area contributed by atoms with Gasteiger partial charge in [-0.3, -0.25) is 10.2 Å². The van der Waals surface area contributed by atoms with Gasteiger partial charge in [0.05, 0.1) is 10.8 Å². The third-order valence-corrected chi connectivity index (χ3v) is 4.44. The van der Waals surface area contributed by atoms with Crippen LogP contribution in [0.2, 0.25) is 0 Å². The molecule has 28 heavy (non-hydrogen) atoms. The number of nitrogens with one attached hydrogen (secondary N) is 1. The molecule has 5 aromatic rings. The summed E-state index contributed by atoms with van der Waals surface area (Å²) in [5.74, 6) is 0.988. The lowest BCUT2D eigenvalue weighted by molar-refractivity contribution is 0.523. The Balaban J connectivity index is 1.75. The molecule has 0 unspecified atom stereocenters. The Morgan fingerprint density at radius 3 is 2.46 bits per heavy atom. The molecule has 0 saturated carbocycles. The summed E-state index contributed by atoms with van der Waals surface area (Å²) in [6, 6.07) is 15.7. The second kappa shape index (κ2) is 6.02. The van der Waals surface area contributed by atoms with E-state index in [0.29, 0.717) is 39.2 Å². The summed E-state index contributed by atoms with van der Waals surface area (Å²) in [5, 5.41) is 17.3. The molecule has 2 aromatic carbocycles. The van der Waals surface area contributed by atoms with E-state index < -0.39 is 0 Å². The fourth-order valence-corrected chi connectivity index (χ4v) is 3.13. The first kappa shape index (κ1) is 16.2. The fraction of sp³-hybridized carbons (Fsp3) is 0.0476. The zero-order chi connectivity index (χ0) is 19.3. The Hall–Kier alpha value is -4.00. The van der Waals surface area contributed by atoms with Crippen molar-refractivity contribution in [1.82, 2.24) is 10.2 Å². The minimum Gasteiger partial charge on any atom is -0.460 e. The number of hydrogen-bond acceptors (Lipinski definition) is 7. The van der Waals surface area contributed by atoms with Crippen LogP contribution >= 0.6 is 0 Å². The lowest BCUT2D eigenvalue weighted by Gasteiger charge is -2.04. The Kier molecular flexibility index (Phi) is 3.48. The van der Waals surface area contributed by atoms with Crippen LogP contribution < -0.4 is 11.0 Å². The molecule has 5 rings (SSSR count). The minimum absolute atomic E-state index is 0.120. The van der Waals surface area contributed by atoms with Gasteiger partial charge in [0.15, 0.2) is 5.43 Å². The molecule has 136 valence electrons. The van der Waals surface area contributed by atoms with E-state index in [4.69, 9.17) is 18.7 Å². The van der Waals surface area contributed by atoms with Gasteiger partial charge in [0.2, 0.25) is 11.4 Å². The van der Waals surface area contributed by atoms with Crippen molar-refractivity contribution in [1.29, 1.82) is 5.41 Å². The minimum atomic E-state index is -0.138. The van der Waals surface area contributed by atoms with Crippen molar-refractivity contribution < 1.29 is 13.3 Å². The Bertz CT molecular complexity index is 1460. The molecule has 0 bridgehead atoms. The number of aromatic nitrogens is 2. The third kappa shape index (κ3) is 2.52. The van der Waals surface area contributed by atoms with Gasteiger partial charge in [0, 0.05) is 11.6 Å². The van der Waals surface area contributed by atoms with Gasteiger partial charge in [0.1, 0.15) is 22.5 Å². The molecule has 0 aliphatic carbocycles. The van der Waals surface area contributed by atoms with Crippen LogP contribution in [0.25, 0.3) is 44.8 Å². The van der Waals surface area contributed by atoms with Crippen LogP contribution in [0.1, 0.15) is 5.76 Å².